The second-order valence-corrected chi connectivity index (χ2v) is 11.7. The quantitative estimate of drug-likeness (QED) is 0.501. The van der Waals surface area contributed by atoms with Crippen LogP contribution in [-0.4, -0.2) is 39.3 Å². The van der Waals surface area contributed by atoms with Crippen LogP contribution in [0.3, 0.4) is 0 Å². The second kappa shape index (κ2) is 6.20. The van der Waals surface area contributed by atoms with Crippen LogP contribution >= 0.6 is 0 Å². The first-order valence-electron chi connectivity index (χ1n) is 11.6. The van der Waals surface area contributed by atoms with Crippen LogP contribution in [0.2, 0.25) is 0 Å². The van der Waals surface area contributed by atoms with E-state index in [0.717, 1.165) is 32.1 Å². The molecular formula is C25H36O5. The molecule has 166 valence electrons. The minimum atomic E-state index is -1.57. The Balaban J connectivity index is 1.56. The highest BCUT2D eigenvalue weighted by molar-refractivity contribution is 5.92. The number of aliphatic hydroxyl groups is 2. The van der Waals surface area contributed by atoms with Gasteiger partial charge in [0.25, 0.3) is 0 Å². The van der Waals surface area contributed by atoms with Crippen LogP contribution in [0.1, 0.15) is 73.1 Å². The van der Waals surface area contributed by atoms with E-state index in [-0.39, 0.29) is 35.4 Å². The van der Waals surface area contributed by atoms with E-state index in [2.05, 4.69) is 33.8 Å². The first kappa shape index (κ1) is 20.7. The Bertz CT molecular complexity index is 838. The Kier molecular flexibility index (Phi) is 4.28. The largest absolute Gasteiger partial charge is 0.429 e. The van der Waals surface area contributed by atoms with E-state index in [0.29, 0.717) is 11.5 Å². The Morgan fingerprint density at radius 2 is 1.97 bits per heavy atom. The van der Waals surface area contributed by atoms with Crippen LogP contribution in [0.5, 0.6) is 0 Å². The van der Waals surface area contributed by atoms with Gasteiger partial charge in [-0.05, 0) is 70.1 Å². The minimum Gasteiger partial charge on any atom is -0.429 e. The summed E-state index contributed by atoms with van der Waals surface area (Å²) in [7, 11) is 0. The molecule has 5 aliphatic rings. The van der Waals surface area contributed by atoms with Gasteiger partial charge in [0.2, 0.25) is 5.79 Å². The molecule has 1 spiro atoms. The van der Waals surface area contributed by atoms with Crippen molar-refractivity contribution in [2.75, 3.05) is 0 Å². The number of ether oxygens (including phenoxy) is 2. The van der Waals surface area contributed by atoms with Gasteiger partial charge in [0.05, 0.1) is 23.2 Å². The first-order chi connectivity index (χ1) is 13.9. The third-order valence-corrected chi connectivity index (χ3v) is 9.23. The lowest BCUT2D eigenvalue weighted by Gasteiger charge is -2.45. The maximum Gasteiger partial charge on any atom is 0.336 e. The molecule has 2 aliphatic heterocycles. The van der Waals surface area contributed by atoms with Crippen molar-refractivity contribution in [3.05, 3.63) is 23.3 Å². The molecule has 2 saturated carbocycles. The predicted molar refractivity (Wildman–Crippen MR) is 112 cm³/mol. The molecule has 0 aromatic heterocycles. The van der Waals surface area contributed by atoms with Crippen molar-refractivity contribution in [2.24, 2.45) is 29.1 Å². The molecule has 0 amide bonds. The number of hydrogen-bond acceptors (Lipinski definition) is 5. The summed E-state index contributed by atoms with van der Waals surface area (Å²) >= 11 is 0. The summed E-state index contributed by atoms with van der Waals surface area (Å²) in [5.41, 5.74) is 0.575. The highest BCUT2D eigenvalue weighted by Crippen LogP contribution is 2.66. The molecule has 2 N–H and O–H groups in total. The SMILES string of the molecule is CC(C)=C[C@H]1C[C@H](C)[C@]2(CC[C@]3(C)C[C@H]4[C@H]5C(=CC[C@H]32)C(=O)OC5(O)C[C@@]4(C)O)O1. The lowest BCUT2D eigenvalue weighted by atomic mass is 9.62. The van der Waals surface area contributed by atoms with Crippen molar-refractivity contribution in [3.8, 4) is 0 Å². The third-order valence-electron chi connectivity index (χ3n) is 9.23. The molecule has 0 aromatic rings. The number of allylic oxidation sites excluding steroid dienone is 2. The van der Waals surface area contributed by atoms with Gasteiger partial charge in [0.15, 0.2) is 0 Å². The number of hydrogen-bond donors (Lipinski definition) is 2. The summed E-state index contributed by atoms with van der Waals surface area (Å²) < 4.78 is 12.3. The van der Waals surface area contributed by atoms with E-state index in [9.17, 15) is 15.0 Å². The Morgan fingerprint density at radius 1 is 1.23 bits per heavy atom. The number of rotatable bonds is 1. The molecule has 4 fully saturated rings. The normalized spacial score (nSPS) is 54.3. The fourth-order valence-electron chi connectivity index (χ4n) is 7.97. The lowest BCUT2D eigenvalue weighted by Crippen LogP contribution is -2.46. The molecule has 3 aliphatic carbocycles. The Hall–Kier alpha value is -1.17. The highest BCUT2D eigenvalue weighted by Gasteiger charge is 2.70. The summed E-state index contributed by atoms with van der Waals surface area (Å²) in [6.07, 6.45) is 9.10. The van der Waals surface area contributed by atoms with E-state index >= 15 is 0 Å². The van der Waals surface area contributed by atoms with Gasteiger partial charge in [-0.1, -0.05) is 31.6 Å². The first-order valence-corrected chi connectivity index (χ1v) is 11.6. The fraction of sp³-hybridized carbons (Fsp3) is 0.800. The fourth-order valence-corrected chi connectivity index (χ4v) is 7.97. The molecule has 2 heterocycles. The topological polar surface area (TPSA) is 76.0 Å². The standard InChI is InChI=1S/C25H36O5/c1-14(2)10-16-11-15(3)24(29-16)9-8-22(4)12-18-20-17(6-7-19(22)24)21(26)30-25(20,28)13-23(18,5)27/h6,10,15-16,18-20,27-28H,7-9,11-13H2,1-5H3/t15-,16-,18-,19+,20+,22+,23+,24-,25?/m0/s1. The highest BCUT2D eigenvalue weighted by atomic mass is 16.7. The average molecular weight is 417 g/mol. The molecule has 9 atom stereocenters. The zero-order chi connectivity index (χ0) is 21.7. The number of carbonyl (C=O) groups excluding carboxylic acids is 1. The van der Waals surface area contributed by atoms with Gasteiger partial charge >= 0.3 is 5.97 Å². The summed E-state index contributed by atoms with van der Waals surface area (Å²) in [5.74, 6) is -1.90. The van der Waals surface area contributed by atoms with Gasteiger partial charge in [-0.3, -0.25) is 0 Å². The zero-order valence-corrected chi connectivity index (χ0v) is 18.9. The molecule has 0 aromatic carbocycles. The molecule has 5 rings (SSSR count). The number of esters is 1. The molecule has 5 nitrogen and oxygen atoms in total. The van der Waals surface area contributed by atoms with Crippen LogP contribution in [0.25, 0.3) is 0 Å². The van der Waals surface area contributed by atoms with E-state index in [4.69, 9.17) is 9.47 Å². The van der Waals surface area contributed by atoms with Crippen molar-refractivity contribution in [3.63, 3.8) is 0 Å². The van der Waals surface area contributed by atoms with Crippen LogP contribution < -0.4 is 0 Å². The van der Waals surface area contributed by atoms with Crippen molar-refractivity contribution < 1.29 is 24.5 Å². The van der Waals surface area contributed by atoms with E-state index in [1.165, 1.54) is 5.57 Å². The monoisotopic (exact) mass is 416 g/mol. The lowest BCUT2D eigenvalue weighted by molar-refractivity contribution is -0.199. The van der Waals surface area contributed by atoms with Crippen LogP contribution in [0.15, 0.2) is 23.3 Å². The Labute approximate surface area is 179 Å². The smallest absolute Gasteiger partial charge is 0.336 e. The maximum absolute atomic E-state index is 12.6. The van der Waals surface area contributed by atoms with E-state index in [1.54, 1.807) is 6.92 Å². The van der Waals surface area contributed by atoms with Crippen molar-refractivity contribution in [1.82, 2.24) is 0 Å². The molecular weight excluding hydrogens is 380 g/mol. The number of carbonyl (C=O) groups is 1. The van der Waals surface area contributed by atoms with Gasteiger partial charge in [-0.15, -0.1) is 0 Å². The summed E-state index contributed by atoms with van der Waals surface area (Å²) in [6.45, 7) is 10.7. The van der Waals surface area contributed by atoms with Crippen LogP contribution in [0, 0.1) is 29.1 Å². The van der Waals surface area contributed by atoms with E-state index < -0.39 is 23.3 Å². The van der Waals surface area contributed by atoms with Gasteiger partial charge in [-0.2, -0.15) is 0 Å². The molecule has 0 radical (unpaired) electrons. The average Bonchev–Trinajstić information content (AvgIpc) is 3.17. The van der Waals surface area contributed by atoms with Crippen molar-refractivity contribution in [2.45, 2.75) is 96.2 Å². The van der Waals surface area contributed by atoms with Crippen molar-refractivity contribution in [1.29, 1.82) is 0 Å². The Morgan fingerprint density at radius 3 is 2.67 bits per heavy atom. The summed E-state index contributed by atoms with van der Waals surface area (Å²) in [6, 6.07) is 0. The third kappa shape index (κ3) is 2.67. The molecule has 30 heavy (non-hydrogen) atoms. The summed E-state index contributed by atoms with van der Waals surface area (Å²) in [5, 5.41) is 22.3. The number of fused-ring (bicyclic) bond motifs is 2. The molecule has 0 bridgehead atoms. The zero-order valence-electron chi connectivity index (χ0n) is 18.9. The van der Waals surface area contributed by atoms with Gasteiger partial charge < -0.3 is 19.7 Å². The summed E-state index contributed by atoms with van der Waals surface area (Å²) in [4.78, 5) is 12.6. The molecule has 5 heteroatoms. The van der Waals surface area contributed by atoms with Gasteiger partial charge in [-0.25, -0.2) is 4.79 Å². The van der Waals surface area contributed by atoms with Crippen molar-refractivity contribution >= 4 is 5.97 Å². The van der Waals surface area contributed by atoms with E-state index in [1.807, 2.05) is 6.08 Å². The van der Waals surface area contributed by atoms with Gasteiger partial charge in [0, 0.05) is 17.9 Å². The molecule has 2 saturated heterocycles. The van der Waals surface area contributed by atoms with Gasteiger partial charge in [0.1, 0.15) is 0 Å². The van der Waals surface area contributed by atoms with Crippen LogP contribution in [-0.2, 0) is 14.3 Å². The predicted octanol–water partition coefficient (Wildman–Crippen LogP) is 3.89. The molecule has 1 unspecified atom stereocenters. The second-order valence-electron chi connectivity index (χ2n) is 11.7. The maximum atomic E-state index is 12.6. The minimum absolute atomic E-state index is 0.0122. The van der Waals surface area contributed by atoms with Crippen LogP contribution in [0.4, 0.5) is 0 Å².